The molecule has 3 N–H and O–H groups in total. The van der Waals surface area contributed by atoms with Crippen LogP contribution >= 0.6 is 0 Å². The molecule has 1 unspecified atom stereocenters. The summed E-state index contributed by atoms with van der Waals surface area (Å²) in [5, 5.41) is 17.1. The zero-order chi connectivity index (χ0) is 24.9. The van der Waals surface area contributed by atoms with Gasteiger partial charge in [-0.15, -0.1) is 5.10 Å². The van der Waals surface area contributed by atoms with Crippen LogP contribution in [0.25, 0.3) is 11.3 Å². The Morgan fingerprint density at radius 1 is 1.14 bits per heavy atom. The number of alkyl halides is 1. The summed E-state index contributed by atoms with van der Waals surface area (Å²) in [6, 6.07) is 10.2. The Morgan fingerprint density at radius 3 is 2.40 bits per heavy atom. The van der Waals surface area contributed by atoms with E-state index in [0.29, 0.717) is 36.4 Å². The van der Waals surface area contributed by atoms with E-state index in [4.69, 9.17) is 9.56 Å². The van der Waals surface area contributed by atoms with Crippen LogP contribution in [0.3, 0.4) is 0 Å². The van der Waals surface area contributed by atoms with E-state index in [1.54, 1.807) is 12.1 Å². The molecule has 0 fully saturated rings. The minimum Gasteiger partial charge on any atom is -1.00 e. The summed E-state index contributed by atoms with van der Waals surface area (Å²) in [7, 11) is 0.223. The Balaban J connectivity index is 0.00000432. The number of halogens is 2. The number of nitrogens with two attached hydrogens (primary N) is 1. The van der Waals surface area contributed by atoms with Crippen LogP contribution in [0.1, 0.15) is 31.4 Å². The largest absolute Gasteiger partial charge is 1.00 e. The summed E-state index contributed by atoms with van der Waals surface area (Å²) in [4.78, 5) is 0.0545. The monoisotopic (exact) mass is 572 g/mol. The lowest BCUT2D eigenvalue weighted by Gasteiger charge is -2.27. The topological polar surface area (TPSA) is 116 Å². The predicted octanol–water partition coefficient (Wildman–Crippen LogP) is -0.278. The van der Waals surface area contributed by atoms with Gasteiger partial charge in [0.1, 0.15) is 31.2 Å². The van der Waals surface area contributed by atoms with Gasteiger partial charge in [-0.1, -0.05) is 31.2 Å². The molecular weight excluding hydrogens is 539 g/mol. The van der Waals surface area contributed by atoms with Gasteiger partial charge in [0, 0.05) is 12.1 Å². The lowest BCUT2D eigenvalue weighted by Crippen LogP contribution is -3.00. The molecule has 0 radical (unpaired) electrons. The van der Waals surface area contributed by atoms with E-state index in [9.17, 15) is 12.8 Å². The highest BCUT2D eigenvalue weighted by molar-refractivity contribution is 7.89. The van der Waals surface area contributed by atoms with Gasteiger partial charge in [-0.05, 0) is 30.2 Å². The molecule has 0 spiro atoms. The molecule has 0 amide bonds. The van der Waals surface area contributed by atoms with Crippen LogP contribution in [0, 0.1) is 5.92 Å². The van der Waals surface area contributed by atoms with E-state index >= 15 is 0 Å². The van der Waals surface area contributed by atoms with Crippen LogP contribution in [0.2, 0.25) is 0 Å². The zero-order valence-electron chi connectivity index (χ0n) is 20.5. The molecule has 2 heterocycles. The Hall–Kier alpha value is -2.12. The van der Waals surface area contributed by atoms with Gasteiger partial charge in [0.05, 0.1) is 37.8 Å². The summed E-state index contributed by atoms with van der Waals surface area (Å²) >= 11 is 0. The molecule has 12 heteroatoms. The second-order valence-corrected chi connectivity index (χ2v) is 11.0. The number of benzene rings is 1. The van der Waals surface area contributed by atoms with Crippen LogP contribution in [-0.4, -0.2) is 61.8 Å². The number of primary sulfonamides is 1. The smallest absolute Gasteiger partial charge is 0.238 e. The molecule has 3 aromatic rings. The van der Waals surface area contributed by atoms with Crippen molar-refractivity contribution in [3.8, 4) is 11.3 Å². The number of nitrogens with zero attached hydrogens (tertiary/aromatic N) is 4. The average Bonchev–Trinajstić information content (AvgIpc) is 3.40. The van der Waals surface area contributed by atoms with Gasteiger partial charge >= 0.3 is 0 Å². The number of sulfonamides is 1. The molecule has 0 bridgehead atoms. The molecule has 0 aliphatic heterocycles. The van der Waals surface area contributed by atoms with Gasteiger partial charge in [0.2, 0.25) is 10.0 Å². The first kappa shape index (κ1) is 29.1. The predicted molar refractivity (Wildman–Crippen MR) is 128 cm³/mol. The lowest BCUT2D eigenvalue weighted by atomic mass is 10.0. The van der Waals surface area contributed by atoms with E-state index in [1.807, 2.05) is 37.1 Å². The van der Waals surface area contributed by atoms with Crippen molar-refractivity contribution >= 4 is 10.0 Å². The Kier molecular flexibility index (Phi) is 10.2. The van der Waals surface area contributed by atoms with Crippen LogP contribution in [0.15, 0.2) is 51.9 Å². The standard InChI is InChI=1S/C23H34FN6O3S.BrH/c1-17(2)23(14-26-13-19-7-8-20(33-19)16-30(3,4)12-11-24)29-15-22(27-28-29)18-5-9-21(10-6-18)34(25,31)32;/h5-10,15,17,23,26H,11-14,16H2,1-4H3,(H2,25,31,32);1H/q+1;/p-1. The molecule has 1 aromatic carbocycles. The number of hydrogen-bond donors (Lipinski definition) is 2. The first-order chi connectivity index (χ1) is 16.0. The van der Waals surface area contributed by atoms with E-state index in [1.165, 1.54) is 12.1 Å². The third-order valence-corrected chi connectivity index (χ3v) is 6.67. The van der Waals surface area contributed by atoms with Gasteiger partial charge in [0.25, 0.3) is 0 Å². The molecule has 9 nitrogen and oxygen atoms in total. The number of furan rings is 1. The van der Waals surface area contributed by atoms with Crippen molar-refractivity contribution < 1.29 is 38.7 Å². The van der Waals surface area contributed by atoms with Crippen molar-refractivity contribution in [3.05, 3.63) is 54.1 Å². The summed E-state index contributed by atoms with van der Waals surface area (Å²) in [6.07, 6.45) is 1.86. The highest BCUT2D eigenvalue weighted by atomic mass is 79.9. The van der Waals surface area contributed by atoms with Crippen molar-refractivity contribution in [2.75, 3.05) is 33.9 Å². The fraction of sp³-hybridized carbons (Fsp3) is 0.478. The molecule has 2 aromatic heterocycles. The van der Waals surface area contributed by atoms with Crippen LogP contribution in [-0.2, 0) is 23.1 Å². The lowest BCUT2D eigenvalue weighted by molar-refractivity contribution is -0.904. The Bertz CT molecular complexity index is 1180. The van der Waals surface area contributed by atoms with Gasteiger partial charge in [-0.3, -0.25) is 0 Å². The number of aromatic nitrogens is 3. The van der Waals surface area contributed by atoms with Crippen molar-refractivity contribution in [3.63, 3.8) is 0 Å². The molecule has 0 aliphatic rings. The van der Waals surface area contributed by atoms with Gasteiger partial charge < -0.3 is 31.2 Å². The molecule has 35 heavy (non-hydrogen) atoms. The minimum absolute atomic E-state index is 0. The van der Waals surface area contributed by atoms with Crippen LogP contribution in [0.5, 0.6) is 0 Å². The minimum atomic E-state index is -3.74. The third kappa shape index (κ3) is 8.21. The van der Waals surface area contributed by atoms with E-state index in [-0.39, 0.29) is 40.5 Å². The van der Waals surface area contributed by atoms with E-state index in [0.717, 1.165) is 17.1 Å². The number of hydrogen-bond acceptors (Lipinski definition) is 6. The van der Waals surface area contributed by atoms with Gasteiger partial charge in [0.15, 0.2) is 5.76 Å². The first-order valence-corrected chi connectivity index (χ1v) is 12.7. The SMILES string of the molecule is CC(C)C(CNCc1ccc(C[N+](C)(C)CCF)o1)n1cc(-c2ccc(S(N)(=O)=O)cc2)nn1.[Br-]. The van der Waals surface area contributed by atoms with Crippen molar-refractivity contribution in [1.82, 2.24) is 20.3 Å². The molecule has 0 saturated carbocycles. The molecule has 0 saturated heterocycles. The second kappa shape index (κ2) is 12.2. The van der Waals surface area contributed by atoms with Crippen molar-refractivity contribution in [2.45, 2.75) is 37.9 Å². The Labute approximate surface area is 216 Å². The number of nitrogens with one attached hydrogen (secondary N) is 1. The van der Waals surface area contributed by atoms with Gasteiger partial charge in [-0.2, -0.15) is 0 Å². The zero-order valence-corrected chi connectivity index (χ0v) is 22.9. The fourth-order valence-corrected chi connectivity index (χ4v) is 4.21. The third-order valence-electron chi connectivity index (χ3n) is 5.74. The van der Waals surface area contributed by atoms with E-state index < -0.39 is 10.0 Å². The summed E-state index contributed by atoms with van der Waals surface area (Å²) in [5.74, 6) is 1.95. The van der Waals surface area contributed by atoms with E-state index in [2.05, 4.69) is 29.5 Å². The maximum absolute atomic E-state index is 12.7. The highest BCUT2D eigenvalue weighted by Gasteiger charge is 2.20. The molecular formula is C23H34BrFN6O3S. The summed E-state index contributed by atoms with van der Waals surface area (Å²) in [5.41, 5.74) is 1.41. The number of rotatable bonds is 12. The average molecular weight is 574 g/mol. The normalized spacial score (nSPS) is 13.1. The van der Waals surface area contributed by atoms with Crippen LogP contribution < -0.4 is 27.4 Å². The second-order valence-electron chi connectivity index (χ2n) is 9.47. The quantitative estimate of drug-likeness (QED) is 0.288. The van der Waals surface area contributed by atoms with Crippen molar-refractivity contribution in [1.29, 1.82) is 0 Å². The van der Waals surface area contributed by atoms with Crippen LogP contribution in [0.4, 0.5) is 4.39 Å². The highest BCUT2D eigenvalue weighted by Crippen LogP contribution is 2.22. The number of quaternary nitrogens is 1. The fourth-order valence-electron chi connectivity index (χ4n) is 3.70. The first-order valence-electron chi connectivity index (χ1n) is 11.2. The maximum atomic E-state index is 12.7. The summed E-state index contributed by atoms with van der Waals surface area (Å²) in [6.45, 7) is 6.18. The molecule has 1 atom stereocenters. The Morgan fingerprint density at radius 2 is 1.80 bits per heavy atom. The van der Waals surface area contributed by atoms with Crippen molar-refractivity contribution in [2.24, 2.45) is 11.1 Å². The molecule has 3 rings (SSSR count). The molecule has 0 aliphatic carbocycles. The maximum Gasteiger partial charge on any atom is 0.238 e. The molecule has 194 valence electrons. The summed E-state index contributed by atoms with van der Waals surface area (Å²) < 4.78 is 43.9. The van der Waals surface area contributed by atoms with Gasteiger partial charge in [-0.25, -0.2) is 22.6 Å².